The molecule has 0 heterocycles. The maximum atomic E-state index is 12.1. The Labute approximate surface area is 129 Å². The summed E-state index contributed by atoms with van der Waals surface area (Å²) in [6.45, 7) is 4.58. The molecule has 1 aromatic rings. The number of hydrogen-bond donors (Lipinski definition) is 3. The third-order valence-corrected chi connectivity index (χ3v) is 4.63. The average Bonchev–Trinajstić information content (AvgIpc) is 2.42. The normalized spacial score (nSPS) is 11.4. The van der Waals surface area contributed by atoms with Gasteiger partial charge >= 0.3 is 5.97 Å². The fourth-order valence-electron chi connectivity index (χ4n) is 1.66. The fourth-order valence-corrected chi connectivity index (χ4v) is 3.34. The Morgan fingerprint density at radius 2 is 1.86 bits per heavy atom. The van der Waals surface area contributed by atoms with Crippen molar-refractivity contribution in [2.75, 3.05) is 18.4 Å². The Hall–Kier alpha value is -1.31. The van der Waals surface area contributed by atoms with Gasteiger partial charge in [-0.2, -0.15) is 0 Å². The van der Waals surface area contributed by atoms with Crippen molar-refractivity contribution in [3.63, 3.8) is 0 Å². The zero-order chi connectivity index (χ0) is 16.0. The van der Waals surface area contributed by atoms with Crippen LogP contribution >= 0.6 is 11.6 Å². The molecule has 0 aliphatic carbocycles. The molecule has 118 valence electrons. The number of benzene rings is 1. The van der Waals surface area contributed by atoms with Gasteiger partial charge in [-0.1, -0.05) is 25.4 Å². The van der Waals surface area contributed by atoms with E-state index in [0.717, 1.165) is 12.5 Å². The van der Waals surface area contributed by atoms with Crippen molar-refractivity contribution in [1.29, 1.82) is 0 Å². The van der Waals surface area contributed by atoms with E-state index in [2.05, 4.69) is 10.0 Å². The summed E-state index contributed by atoms with van der Waals surface area (Å²) < 4.78 is 26.6. The highest BCUT2D eigenvalue weighted by atomic mass is 35.5. The minimum absolute atomic E-state index is 0.0118. The topological polar surface area (TPSA) is 95.5 Å². The van der Waals surface area contributed by atoms with Gasteiger partial charge in [0, 0.05) is 13.1 Å². The molecule has 0 spiro atoms. The first-order valence-corrected chi connectivity index (χ1v) is 8.50. The number of aromatic carboxylic acids is 1. The van der Waals surface area contributed by atoms with Crippen molar-refractivity contribution in [2.24, 2.45) is 0 Å². The van der Waals surface area contributed by atoms with Crippen LogP contribution in [0.4, 0.5) is 5.69 Å². The Morgan fingerprint density at radius 1 is 1.24 bits per heavy atom. The van der Waals surface area contributed by atoms with Crippen LogP contribution in [0.1, 0.15) is 37.0 Å². The summed E-state index contributed by atoms with van der Waals surface area (Å²) in [6, 6.07) is 2.42. The molecule has 0 atom stereocenters. The zero-order valence-corrected chi connectivity index (χ0v) is 13.5. The maximum Gasteiger partial charge on any atom is 0.337 e. The fraction of sp³-hybridized carbons (Fsp3) is 0.462. The van der Waals surface area contributed by atoms with Crippen LogP contribution in [0, 0.1) is 0 Å². The van der Waals surface area contributed by atoms with Crippen molar-refractivity contribution < 1.29 is 18.3 Å². The van der Waals surface area contributed by atoms with Crippen molar-refractivity contribution in [2.45, 2.75) is 31.6 Å². The van der Waals surface area contributed by atoms with E-state index in [9.17, 15) is 18.3 Å². The van der Waals surface area contributed by atoms with E-state index in [1.807, 2.05) is 13.8 Å². The predicted molar refractivity (Wildman–Crippen MR) is 82.7 cm³/mol. The molecule has 1 aromatic carbocycles. The summed E-state index contributed by atoms with van der Waals surface area (Å²) in [5.41, 5.74) is 0.188. The zero-order valence-electron chi connectivity index (χ0n) is 11.9. The second kappa shape index (κ2) is 7.63. The van der Waals surface area contributed by atoms with Gasteiger partial charge in [0.05, 0.1) is 16.3 Å². The molecule has 0 radical (unpaired) electrons. The molecule has 21 heavy (non-hydrogen) atoms. The molecular formula is C13H19ClN2O4S. The van der Waals surface area contributed by atoms with Gasteiger partial charge in [-0.3, -0.25) is 0 Å². The molecule has 8 heteroatoms. The first-order valence-electron chi connectivity index (χ1n) is 6.63. The minimum atomic E-state index is -3.82. The van der Waals surface area contributed by atoms with Gasteiger partial charge in [-0.25, -0.2) is 17.9 Å². The first-order chi connectivity index (χ1) is 9.83. The SMILES string of the molecule is CCCNc1cc(Cl)c(S(=O)(=O)NCCC)cc1C(=O)O. The third kappa shape index (κ3) is 4.59. The standard InChI is InChI=1S/C13H19ClN2O4S/c1-3-5-15-11-8-10(14)12(7-9(11)13(17)18)21(19,20)16-6-4-2/h7-8,15-16H,3-6H2,1-2H3,(H,17,18). The highest BCUT2D eigenvalue weighted by Crippen LogP contribution is 2.29. The summed E-state index contributed by atoms with van der Waals surface area (Å²) in [5.74, 6) is -1.21. The molecule has 0 aliphatic heterocycles. The molecule has 0 fully saturated rings. The highest BCUT2D eigenvalue weighted by Gasteiger charge is 2.22. The van der Waals surface area contributed by atoms with Crippen LogP contribution in [0.25, 0.3) is 0 Å². The third-order valence-electron chi connectivity index (χ3n) is 2.70. The van der Waals surface area contributed by atoms with Gasteiger partial charge in [-0.15, -0.1) is 0 Å². The number of rotatable bonds is 8. The number of halogens is 1. The second-order valence-corrected chi connectivity index (χ2v) is 6.60. The summed E-state index contributed by atoms with van der Waals surface area (Å²) >= 11 is 6.00. The lowest BCUT2D eigenvalue weighted by Gasteiger charge is -2.13. The predicted octanol–water partition coefficient (Wildman–Crippen LogP) is 2.55. The van der Waals surface area contributed by atoms with Crippen molar-refractivity contribution in [1.82, 2.24) is 4.72 Å². The van der Waals surface area contributed by atoms with Gasteiger partial charge in [0.1, 0.15) is 4.90 Å². The molecule has 1 rings (SSSR count). The molecule has 0 aromatic heterocycles. The Morgan fingerprint density at radius 3 is 2.38 bits per heavy atom. The van der Waals surface area contributed by atoms with E-state index in [0.29, 0.717) is 18.7 Å². The number of carboxylic acid groups (broad SMARTS) is 1. The Kier molecular flexibility index (Phi) is 6.44. The molecule has 0 amide bonds. The molecule has 0 saturated heterocycles. The quantitative estimate of drug-likeness (QED) is 0.679. The number of carbonyl (C=O) groups is 1. The van der Waals surface area contributed by atoms with Crippen LogP contribution in [0.3, 0.4) is 0 Å². The van der Waals surface area contributed by atoms with Gasteiger partial charge in [-0.05, 0) is 25.0 Å². The lowest BCUT2D eigenvalue weighted by Crippen LogP contribution is -2.25. The van der Waals surface area contributed by atoms with Crippen LogP contribution in [-0.2, 0) is 10.0 Å². The van der Waals surface area contributed by atoms with Crippen molar-refractivity contribution in [3.8, 4) is 0 Å². The van der Waals surface area contributed by atoms with Crippen molar-refractivity contribution >= 4 is 33.3 Å². The summed E-state index contributed by atoms with van der Waals surface area (Å²) in [4.78, 5) is 11.1. The van der Waals surface area contributed by atoms with E-state index in [4.69, 9.17) is 11.6 Å². The van der Waals surface area contributed by atoms with Crippen molar-refractivity contribution in [3.05, 3.63) is 22.7 Å². The van der Waals surface area contributed by atoms with Gasteiger partial charge in [0.25, 0.3) is 0 Å². The van der Waals surface area contributed by atoms with Gasteiger partial charge < -0.3 is 10.4 Å². The molecule has 0 saturated carbocycles. The van der Waals surface area contributed by atoms with Crippen LogP contribution in [0.15, 0.2) is 17.0 Å². The molecule has 0 bridgehead atoms. The Balaban J connectivity index is 3.30. The van der Waals surface area contributed by atoms with E-state index < -0.39 is 16.0 Å². The highest BCUT2D eigenvalue weighted by molar-refractivity contribution is 7.89. The molecular weight excluding hydrogens is 316 g/mol. The number of sulfonamides is 1. The van der Waals surface area contributed by atoms with Gasteiger partial charge in [0.2, 0.25) is 10.0 Å². The van der Waals surface area contributed by atoms with Crippen LogP contribution in [-0.4, -0.2) is 32.6 Å². The number of anilines is 1. The lowest BCUT2D eigenvalue weighted by molar-refractivity contribution is 0.0697. The monoisotopic (exact) mass is 334 g/mol. The van der Waals surface area contributed by atoms with E-state index in [1.54, 1.807) is 0 Å². The number of nitrogens with one attached hydrogen (secondary N) is 2. The van der Waals surface area contributed by atoms with E-state index in [1.165, 1.54) is 6.07 Å². The van der Waals surface area contributed by atoms with Crippen LogP contribution < -0.4 is 10.0 Å². The second-order valence-electron chi connectivity index (χ2n) is 4.46. The minimum Gasteiger partial charge on any atom is -0.478 e. The van der Waals surface area contributed by atoms with E-state index >= 15 is 0 Å². The Bertz CT molecular complexity index is 617. The molecule has 0 aliphatic rings. The largest absolute Gasteiger partial charge is 0.478 e. The van der Waals surface area contributed by atoms with Gasteiger partial charge in [0.15, 0.2) is 0 Å². The number of hydrogen-bond acceptors (Lipinski definition) is 4. The molecule has 3 N–H and O–H groups in total. The lowest BCUT2D eigenvalue weighted by atomic mass is 10.1. The van der Waals surface area contributed by atoms with Crippen LogP contribution in [0.5, 0.6) is 0 Å². The smallest absolute Gasteiger partial charge is 0.337 e. The average molecular weight is 335 g/mol. The number of carboxylic acids is 1. The summed E-state index contributed by atoms with van der Waals surface area (Å²) in [6.07, 6.45) is 1.42. The van der Waals surface area contributed by atoms with Crippen LogP contribution in [0.2, 0.25) is 5.02 Å². The maximum absolute atomic E-state index is 12.1. The summed E-state index contributed by atoms with van der Waals surface area (Å²) in [7, 11) is -3.82. The first kappa shape index (κ1) is 17.7. The van der Waals surface area contributed by atoms with E-state index in [-0.39, 0.29) is 22.0 Å². The summed E-state index contributed by atoms with van der Waals surface area (Å²) in [5, 5.41) is 12.1. The molecule has 0 unspecified atom stereocenters. The molecule has 6 nitrogen and oxygen atoms in total.